The highest BCUT2D eigenvalue weighted by Crippen LogP contribution is 2.37. The number of aromatic hydroxyl groups is 1. The summed E-state index contributed by atoms with van der Waals surface area (Å²) in [7, 11) is 1.72. The van der Waals surface area contributed by atoms with Crippen molar-refractivity contribution in [3.8, 4) is 5.75 Å². The molecule has 1 atom stereocenters. The molecule has 1 aliphatic carbocycles. The number of likely N-dealkylation sites (tertiary alicyclic amines) is 1. The molecule has 3 rings (SSSR count). The minimum Gasteiger partial charge on any atom is -0.508 e. The smallest absolute Gasteiger partial charge is 0.222 e. The number of amides is 1. The number of benzene rings is 1. The van der Waals surface area contributed by atoms with Crippen LogP contribution in [-0.2, 0) is 11.2 Å². The molecule has 0 spiro atoms. The van der Waals surface area contributed by atoms with E-state index in [0.29, 0.717) is 11.8 Å². The Hall–Kier alpha value is -1.55. The molecule has 4 nitrogen and oxygen atoms in total. The summed E-state index contributed by atoms with van der Waals surface area (Å²) in [5, 5.41) is 12.4. The van der Waals surface area contributed by atoms with Crippen molar-refractivity contribution in [3.63, 3.8) is 0 Å². The molecular weight excluding hydrogens is 264 g/mol. The highest BCUT2D eigenvalue weighted by Gasteiger charge is 2.31. The Labute approximate surface area is 126 Å². The molecule has 1 amide bonds. The molecule has 2 aliphatic rings. The van der Waals surface area contributed by atoms with Gasteiger partial charge in [-0.15, -0.1) is 0 Å². The average molecular weight is 288 g/mol. The number of rotatable bonds is 2. The Kier molecular flexibility index (Phi) is 4.15. The van der Waals surface area contributed by atoms with E-state index in [4.69, 9.17) is 0 Å². The molecule has 1 heterocycles. The second kappa shape index (κ2) is 6.06. The lowest BCUT2D eigenvalue weighted by Gasteiger charge is -2.39. The third-order valence-electron chi connectivity index (χ3n) is 5.00. The van der Waals surface area contributed by atoms with E-state index in [9.17, 15) is 9.90 Å². The minimum atomic E-state index is 0.175. The van der Waals surface area contributed by atoms with Gasteiger partial charge in [-0.3, -0.25) is 9.69 Å². The lowest BCUT2D eigenvalue weighted by atomic mass is 9.85. The predicted molar refractivity (Wildman–Crippen MR) is 82.1 cm³/mol. The molecule has 0 bridgehead atoms. The highest BCUT2D eigenvalue weighted by molar-refractivity contribution is 5.78. The Bertz CT molecular complexity index is 522. The normalized spacial score (nSPS) is 23.6. The summed E-state index contributed by atoms with van der Waals surface area (Å²) in [6.45, 7) is 1.98. The minimum absolute atomic E-state index is 0.175. The standard InChI is InChI=1S/C17H24N2O2/c1-18-17(21)12-7-9-19(10-8-12)16-4-2-3-13-11-14(20)5-6-15(13)16/h5-6,11-12,16,20H,2-4,7-10H2,1H3,(H,18,21). The summed E-state index contributed by atoms with van der Waals surface area (Å²) >= 11 is 0. The maximum absolute atomic E-state index is 11.7. The van der Waals surface area contributed by atoms with E-state index < -0.39 is 0 Å². The van der Waals surface area contributed by atoms with Crippen LogP contribution in [0.15, 0.2) is 18.2 Å². The fraction of sp³-hybridized carbons (Fsp3) is 0.588. The first kappa shape index (κ1) is 14.4. The maximum Gasteiger partial charge on any atom is 0.222 e. The van der Waals surface area contributed by atoms with Crippen LogP contribution < -0.4 is 5.32 Å². The summed E-state index contributed by atoms with van der Waals surface area (Å²) in [6.07, 6.45) is 5.32. The summed E-state index contributed by atoms with van der Waals surface area (Å²) < 4.78 is 0. The number of fused-ring (bicyclic) bond motifs is 1. The van der Waals surface area contributed by atoms with Gasteiger partial charge in [0, 0.05) is 19.0 Å². The maximum atomic E-state index is 11.7. The van der Waals surface area contributed by atoms with Crippen molar-refractivity contribution in [1.29, 1.82) is 0 Å². The molecule has 1 aromatic carbocycles. The number of phenols is 1. The fourth-order valence-corrected chi connectivity index (χ4v) is 3.83. The van der Waals surface area contributed by atoms with Crippen LogP contribution in [0.4, 0.5) is 0 Å². The zero-order chi connectivity index (χ0) is 14.8. The summed E-state index contributed by atoms with van der Waals surface area (Å²) in [6, 6.07) is 6.26. The fourth-order valence-electron chi connectivity index (χ4n) is 3.83. The molecule has 1 aromatic rings. The summed E-state index contributed by atoms with van der Waals surface area (Å²) in [5.41, 5.74) is 2.66. The number of carbonyl (C=O) groups excluding carboxylic acids is 1. The number of aryl methyl sites for hydroxylation is 1. The molecule has 0 saturated carbocycles. The average Bonchev–Trinajstić information content (AvgIpc) is 2.53. The summed E-state index contributed by atoms with van der Waals surface area (Å²) in [4.78, 5) is 14.3. The van der Waals surface area contributed by atoms with Gasteiger partial charge >= 0.3 is 0 Å². The molecule has 1 fully saturated rings. The monoisotopic (exact) mass is 288 g/mol. The number of phenolic OH excluding ortho intramolecular Hbond substituents is 1. The number of hydrogen-bond donors (Lipinski definition) is 2. The van der Waals surface area contributed by atoms with Crippen molar-refractivity contribution < 1.29 is 9.90 Å². The van der Waals surface area contributed by atoms with Crippen LogP contribution in [0.25, 0.3) is 0 Å². The Balaban J connectivity index is 1.71. The van der Waals surface area contributed by atoms with E-state index in [1.165, 1.54) is 24.0 Å². The molecule has 4 heteroatoms. The number of piperidine rings is 1. The van der Waals surface area contributed by atoms with Crippen molar-refractivity contribution in [2.24, 2.45) is 5.92 Å². The number of nitrogens with one attached hydrogen (secondary N) is 1. The van der Waals surface area contributed by atoms with Crippen LogP contribution in [0.2, 0.25) is 0 Å². The predicted octanol–water partition coefficient (Wildman–Crippen LogP) is 2.23. The van der Waals surface area contributed by atoms with E-state index in [2.05, 4.69) is 16.3 Å². The van der Waals surface area contributed by atoms with E-state index in [1.807, 2.05) is 6.07 Å². The van der Waals surface area contributed by atoms with Gasteiger partial charge in [-0.25, -0.2) is 0 Å². The van der Waals surface area contributed by atoms with Crippen LogP contribution in [0.3, 0.4) is 0 Å². The zero-order valence-corrected chi connectivity index (χ0v) is 12.6. The van der Waals surface area contributed by atoms with E-state index in [1.54, 1.807) is 13.1 Å². The largest absolute Gasteiger partial charge is 0.508 e. The Morgan fingerprint density at radius 3 is 2.76 bits per heavy atom. The van der Waals surface area contributed by atoms with Crippen LogP contribution in [0, 0.1) is 5.92 Å². The zero-order valence-electron chi connectivity index (χ0n) is 12.6. The van der Waals surface area contributed by atoms with Crippen molar-refractivity contribution in [2.45, 2.75) is 38.1 Å². The SMILES string of the molecule is CNC(=O)C1CCN(C2CCCc3cc(O)ccc32)CC1. The molecule has 0 aromatic heterocycles. The third-order valence-corrected chi connectivity index (χ3v) is 5.00. The third kappa shape index (κ3) is 2.91. The Morgan fingerprint density at radius 1 is 1.29 bits per heavy atom. The first-order valence-corrected chi connectivity index (χ1v) is 7.96. The first-order chi connectivity index (χ1) is 10.2. The topological polar surface area (TPSA) is 52.6 Å². The second-order valence-corrected chi connectivity index (χ2v) is 6.22. The molecule has 1 unspecified atom stereocenters. The highest BCUT2D eigenvalue weighted by atomic mass is 16.3. The molecule has 21 heavy (non-hydrogen) atoms. The van der Waals surface area contributed by atoms with Gasteiger partial charge in [-0.1, -0.05) is 6.07 Å². The van der Waals surface area contributed by atoms with Crippen LogP contribution in [-0.4, -0.2) is 36.1 Å². The number of carbonyl (C=O) groups is 1. The molecule has 1 aliphatic heterocycles. The number of nitrogens with zero attached hydrogens (tertiary/aromatic N) is 1. The van der Waals surface area contributed by atoms with E-state index in [-0.39, 0.29) is 11.8 Å². The quantitative estimate of drug-likeness (QED) is 0.877. The Morgan fingerprint density at radius 2 is 2.05 bits per heavy atom. The van der Waals surface area contributed by atoms with E-state index in [0.717, 1.165) is 32.4 Å². The van der Waals surface area contributed by atoms with Crippen molar-refractivity contribution in [3.05, 3.63) is 29.3 Å². The molecule has 114 valence electrons. The molecule has 1 saturated heterocycles. The molecule has 2 N–H and O–H groups in total. The van der Waals surface area contributed by atoms with E-state index >= 15 is 0 Å². The van der Waals surface area contributed by atoms with Crippen molar-refractivity contribution in [1.82, 2.24) is 10.2 Å². The lowest BCUT2D eigenvalue weighted by molar-refractivity contribution is -0.126. The number of hydrogen-bond acceptors (Lipinski definition) is 3. The second-order valence-electron chi connectivity index (χ2n) is 6.22. The van der Waals surface area contributed by atoms with Gasteiger partial charge in [-0.05, 0) is 68.5 Å². The first-order valence-electron chi connectivity index (χ1n) is 7.96. The van der Waals surface area contributed by atoms with Crippen LogP contribution in [0.1, 0.15) is 42.9 Å². The van der Waals surface area contributed by atoms with Gasteiger partial charge in [0.25, 0.3) is 0 Å². The van der Waals surface area contributed by atoms with Crippen LogP contribution in [0.5, 0.6) is 5.75 Å². The van der Waals surface area contributed by atoms with Crippen LogP contribution >= 0.6 is 0 Å². The van der Waals surface area contributed by atoms with Gasteiger partial charge < -0.3 is 10.4 Å². The summed E-state index contributed by atoms with van der Waals surface area (Å²) in [5.74, 6) is 0.727. The van der Waals surface area contributed by atoms with Crippen molar-refractivity contribution in [2.75, 3.05) is 20.1 Å². The van der Waals surface area contributed by atoms with Gasteiger partial charge in [0.2, 0.25) is 5.91 Å². The van der Waals surface area contributed by atoms with Gasteiger partial charge in [0.05, 0.1) is 0 Å². The van der Waals surface area contributed by atoms with Gasteiger partial charge in [0.15, 0.2) is 0 Å². The van der Waals surface area contributed by atoms with Gasteiger partial charge in [0.1, 0.15) is 5.75 Å². The molecular formula is C17H24N2O2. The molecule has 0 radical (unpaired) electrons. The van der Waals surface area contributed by atoms with Crippen molar-refractivity contribution >= 4 is 5.91 Å². The van der Waals surface area contributed by atoms with Gasteiger partial charge in [-0.2, -0.15) is 0 Å². The lowest BCUT2D eigenvalue weighted by Crippen LogP contribution is -2.42.